The number of hydrogen-bond donors (Lipinski definition) is 2. The van der Waals surface area contributed by atoms with Crippen molar-refractivity contribution < 1.29 is 0 Å². The number of hydrogen-bond acceptors (Lipinski definition) is 7. The average Bonchev–Trinajstić information content (AvgIpc) is 2.83. The first-order valence-corrected chi connectivity index (χ1v) is 11.1. The van der Waals surface area contributed by atoms with Gasteiger partial charge in [0.15, 0.2) is 0 Å². The van der Waals surface area contributed by atoms with Crippen LogP contribution in [0.4, 0.5) is 17.5 Å². The number of aryl methyl sites for hydroxylation is 1. The number of anilines is 3. The Labute approximate surface area is 192 Å². The van der Waals surface area contributed by atoms with Crippen LogP contribution >= 0.6 is 0 Å². The first kappa shape index (κ1) is 21.1. The summed E-state index contributed by atoms with van der Waals surface area (Å²) in [6.45, 7) is 2.26. The minimum atomic E-state index is -0.106. The third-order valence-corrected chi connectivity index (χ3v) is 6.39. The summed E-state index contributed by atoms with van der Waals surface area (Å²) in [5.74, 6) is 1.30. The van der Waals surface area contributed by atoms with E-state index in [9.17, 15) is 4.79 Å². The zero-order chi connectivity index (χ0) is 22.9. The molecule has 0 bridgehead atoms. The van der Waals surface area contributed by atoms with E-state index in [1.165, 1.54) is 18.4 Å². The Bertz CT molecular complexity index is 1340. The van der Waals surface area contributed by atoms with Crippen LogP contribution in [-0.2, 0) is 7.05 Å². The highest BCUT2D eigenvalue weighted by atomic mass is 16.1. The highest BCUT2D eigenvalue weighted by Crippen LogP contribution is 2.30. The van der Waals surface area contributed by atoms with Crippen LogP contribution in [0.25, 0.3) is 22.0 Å². The first-order valence-electron chi connectivity index (χ1n) is 11.1. The van der Waals surface area contributed by atoms with Gasteiger partial charge in [0.05, 0.1) is 11.1 Å². The van der Waals surface area contributed by atoms with Gasteiger partial charge in [-0.15, -0.1) is 0 Å². The maximum atomic E-state index is 13.0. The molecule has 5 rings (SSSR count). The average molecular weight is 442 g/mol. The van der Waals surface area contributed by atoms with E-state index in [1.807, 2.05) is 12.1 Å². The molecular weight excluding hydrogens is 414 g/mol. The zero-order valence-electron chi connectivity index (χ0n) is 18.8. The molecule has 4 heterocycles. The lowest BCUT2D eigenvalue weighted by atomic mass is 9.89. The number of nitrogens with zero attached hydrogens (tertiary/aromatic N) is 5. The highest BCUT2D eigenvalue weighted by Gasteiger charge is 2.18. The zero-order valence-corrected chi connectivity index (χ0v) is 18.8. The van der Waals surface area contributed by atoms with Crippen LogP contribution in [-0.4, -0.2) is 44.6 Å². The molecule has 1 aliphatic rings. The van der Waals surface area contributed by atoms with Gasteiger partial charge in [-0.1, -0.05) is 12.1 Å². The van der Waals surface area contributed by atoms with Crippen LogP contribution in [0, 0.1) is 0 Å². The van der Waals surface area contributed by atoms with Crippen molar-refractivity contribution in [3.8, 4) is 11.3 Å². The summed E-state index contributed by atoms with van der Waals surface area (Å²) in [5.41, 5.74) is 9.17. The number of benzene rings is 1. The molecule has 0 unspecified atom stereocenters. The highest BCUT2D eigenvalue weighted by molar-refractivity contribution is 5.95. The molecule has 1 saturated heterocycles. The monoisotopic (exact) mass is 441 g/mol. The normalized spacial score (nSPS) is 15.1. The Hall–Kier alpha value is -3.78. The van der Waals surface area contributed by atoms with E-state index >= 15 is 0 Å². The summed E-state index contributed by atoms with van der Waals surface area (Å²) in [4.78, 5) is 28.3. The second kappa shape index (κ2) is 8.63. The molecule has 8 heteroatoms. The Morgan fingerprint density at radius 3 is 2.42 bits per heavy atom. The fourth-order valence-corrected chi connectivity index (χ4v) is 4.38. The topological polar surface area (TPSA) is 102 Å². The molecule has 0 radical (unpaired) electrons. The third kappa shape index (κ3) is 4.29. The van der Waals surface area contributed by atoms with Gasteiger partial charge < -0.3 is 20.5 Å². The summed E-state index contributed by atoms with van der Waals surface area (Å²) in [7, 11) is 3.92. The molecule has 0 aliphatic carbocycles. The van der Waals surface area contributed by atoms with Crippen LogP contribution in [0.3, 0.4) is 0 Å². The van der Waals surface area contributed by atoms with E-state index in [-0.39, 0.29) is 11.5 Å². The van der Waals surface area contributed by atoms with Crippen LogP contribution in [0.15, 0.2) is 59.8 Å². The van der Waals surface area contributed by atoms with Gasteiger partial charge >= 0.3 is 0 Å². The molecule has 1 aromatic carbocycles. The fourth-order valence-electron chi connectivity index (χ4n) is 4.38. The van der Waals surface area contributed by atoms with Crippen molar-refractivity contribution in [1.82, 2.24) is 24.4 Å². The summed E-state index contributed by atoms with van der Waals surface area (Å²) in [6, 6.07) is 12.3. The number of nitrogens with one attached hydrogen (secondary N) is 1. The second-order valence-corrected chi connectivity index (χ2v) is 8.71. The van der Waals surface area contributed by atoms with Crippen LogP contribution in [0.1, 0.15) is 24.3 Å². The molecule has 1 fully saturated rings. The molecule has 3 aromatic heterocycles. The predicted molar refractivity (Wildman–Crippen MR) is 132 cm³/mol. The van der Waals surface area contributed by atoms with Gasteiger partial charge in [0.1, 0.15) is 5.82 Å². The molecule has 0 atom stereocenters. The van der Waals surface area contributed by atoms with Gasteiger partial charge in [-0.2, -0.15) is 0 Å². The van der Waals surface area contributed by atoms with Crippen molar-refractivity contribution in [2.24, 2.45) is 7.05 Å². The Morgan fingerprint density at radius 2 is 1.73 bits per heavy atom. The molecule has 1 aliphatic heterocycles. The van der Waals surface area contributed by atoms with Crippen LogP contribution < -0.4 is 16.6 Å². The Morgan fingerprint density at radius 1 is 1.03 bits per heavy atom. The number of piperidine rings is 1. The smallest absolute Gasteiger partial charge is 0.261 e. The maximum Gasteiger partial charge on any atom is 0.261 e. The molecule has 0 spiro atoms. The number of rotatable bonds is 4. The Kier molecular flexibility index (Phi) is 5.51. The summed E-state index contributed by atoms with van der Waals surface area (Å²) in [6.07, 6.45) is 7.39. The lowest BCUT2D eigenvalue weighted by Crippen LogP contribution is -2.29. The summed E-state index contributed by atoms with van der Waals surface area (Å²) < 4.78 is 1.56. The van der Waals surface area contributed by atoms with Crippen molar-refractivity contribution in [1.29, 1.82) is 0 Å². The SMILES string of the molecule is CN1CCC(c2ccc(Nc3nc(-c4cnc(N)nc4)cc4ccn(C)c(=O)c34)cc2)CC1. The first-order chi connectivity index (χ1) is 16.0. The predicted octanol–water partition coefficient (Wildman–Crippen LogP) is 3.53. The Balaban J connectivity index is 1.51. The van der Waals surface area contributed by atoms with Gasteiger partial charge in [-0.3, -0.25) is 4.79 Å². The van der Waals surface area contributed by atoms with E-state index in [1.54, 1.807) is 30.2 Å². The minimum absolute atomic E-state index is 0.106. The molecule has 4 aromatic rings. The van der Waals surface area contributed by atoms with Crippen molar-refractivity contribution in [3.63, 3.8) is 0 Å². The number of nitrogen functional groups attached to an aromatic ring is 1. The minimum Gasteiger partial charge on any atom is -0.368 e. The van der Waals surface area contributed by atoms with Crippen LogP contribution in [0.5, 0.6) is 0 Å². The van der Waals surface area contributed by atoms with Gasteiger partial charge in [0.2, 0.25) is 5.95 Å². The van der Waals surface area contributed by atoms with Gasteiger partial charge in [-0.05, 0) is 74.1 Å². The lowest BCUT2D eigenvalue weighted by molar-refractivity contribution is 0.255. The second-order valence-electron chi connectivity index (χ2n) is 8.71. The maximum absolute atomic E-state index is 13.0. The van der Waals surface area contributed by atoms with Crippen molar-refractivity contribution >= 4 is 28.2 Å². The van der Waals surface area contributed by atoms with E-state index in [4.69, 9.17) is 10.7 Å². The molecule has 8 nitrogen and oxygen atoms in total. The van der Waals surface area contributed by atoms with E-state index in [0.717, 1.165) is 29.7 Å². The quantitative estimate of drug-likeness (QED) is 0.499. The number of likely N-dealkylation sites (tertiary alicyclic amines) is 1. The molecule has 0 amide bonds. The summed E-state index contributed by atoms with van der Waals surface area (Å²) in [5, 5.41) is 4.71. The molecular formula is C25H27N7O. The van der Waals surface area contributed by atoms with Crippen LogP contribution in [0.2, 0.25) is 0 Å². The van der Waals surface area contributed by atoms with Gasteiger partial charge in [0, 0.05) is 36.9 Å². The van der Waals surface area contributed by atoms with Gasteiger partial charge in [-0.25, -0.2) is 15.0 Å². The number of aromatic nitrogens is 4. The van der Waals surface area contributed by atoms with Crippen molar-refractivity contribution in [2.45, 2.75) is 18.8 Å². The largest absolute Gasteiger partial charge is 0.368 e. The van der Waals surface area contributed by atoms with E-state index in [2.05, 4.69) is 51.5 Å². The molecule has 168 valence electrons. The van der Waals surface area contributed by atoms with E-state index in [0.29, 0.717) is 22.8 Å². The molecule has 0 saturated carbocycles. The van der Waals surface area contributed by atoms with Crippen molar-refractivity contribution in [2.75, 3.05) is 31.2 Å². The number of fused-ring (bicyclic) bond motifs is 1. The summed E-state index contributed by atoms with van der Waals surface area (Å²) >= 11 is 0. The van der Waals surface area contributed by atoms with E-state index < -0.39 is 0 Å². The third-order valence-electron chi connectivity index (χ3n) is 6.39. The van der Waals surface area contributed by atoms with Gasteiger partial charge in [0.25, 0.3) is 5.56 Å². The molecule has 3 N–H and O–H groups in total. The number of nitrogens with two attached hydrogens (primary N) is 1. The number of pyridine rings is 2. The fraction of sp³-hybridized carbons (Fsp3) is 0.280. The molecule has 33 heavy (non-hydrogen) atoms. The lowest BCUT2D eigenvalue weighted by Gasteiger charge is -2.29. The van der Waals surface area contributed by atoms with Crippen molar-refractivity contribution in [3.05, 3.63) is 70.9 Å². The standard InChI is InChI=1S/C25H27N7O/c1-31-10-7-17(8-11-31)16-3-5-20(6-4-16)29-23-22-18(9-12-32(2)24(22)33)13-21(30-23)19-14-27-25(26)28-15-19/h3-6,9,12-15,17H,7-8,10-11H2,1-2H3,(H,29,30)(H2,26,27,28).